The van der Waals surface area contributed by atoms with E-state index in [2.05, 4.69) is 5.32 Å². The number of rotatable bonds is 5. The molecule has 4 nitrogen and oxygen atoms in total. The lowest BCUT2D eigenvalue weighted by Gasteiger charge is -2.18. The van der Waals surface area contributed by atoms with Crippen molar-refractivity contribution in [3.05, 3.63) is 63.4 Å². The fourth-order valence-corrected chi connectivity index (χ4v) is 2.78. The number of hydrogen-bond acceptors (Lipinski definition) is 2. The van der Waals surface area contributed by atoms with Crippen molar-refractivity contribution < 1.29 is 14.0 Å². The minimum absolute atomic E-state index is 0.0278. The van der Waals surface area contributed by atoms with Gasteiger partial charge in [-0.05, 0) is 30.2 Å². The van der Waals surface area contributed by atoms with Gasteiger partial charge in [0.2, 0.25) is 5.91 Å². The van der Waals surface area contributed by atoms with Gasteiger partial charge in [0, 0.05) is 12.7 Å². The summed E-state index contributed by atoms with van der Waals surface area (Å²) in [5, 5.41) is 2.63. The van der Waals surface area contributed by atoms with Crippen LogP contribution in [-0.4, -0.2) is 30.3 Å². The lowest BCUT2D eigenvalue weighted by atomic mass is 10.1. The van der Waals surface area contributed by atoms with E-state index >= 15 is 0 Å². The predicted octanol–water partition coefficient (Wildman–Crippen LogP) is 4.41. The first-order valence-corrected chi connectivity index (χ1v) is 8.36. The number of aryl methyl sites for hydroxylation is 1. The van der Waals surface area contributed by atoms with E-state index in [1.54, 1.807) is 6.07 Å². The molecule has 0 aromatic heterocycles. The van der Waals surface area contributed by atoms with Crippen LogP contribution >= 0.6 is 23.2 Å². The highest BCUT2D eigenvalue weighted by molar-refractivity contribution is 6.36. The number of carbonyl (C=O) groups is 2. The van der Waals surface area contributed by atoms with Crippen molar-refractivity contribution in [2.75, 3.05) is 18.9 Å². The second-order valence-corrected chi connectivity index (χ2v) is 6.28. The smallest absolute Gasteiger partial charge is 0.255 e. The fourth-order valence-electron chi connectivity index (χ4n) is 2.32. The Kier molecular flexibility index (Phi) is 6.39. The van der Waals surface area contributed by atoms with Crippen LogP contribution in [-0.2, 0) is 11.2 Å². The van der Waals surface area contributed by atoms with Gasteiger partial charge in [-0.3, -0.25) is 9.59 Å². The Balaban J connectivity index is 2.08. The molecule has 0 heterocycles. The third-order valence-electron chi connectivity index (χ3n) is 3.64. The van der Waals surface area contributed by atoms with Gasteiger partial charge in [-0.2, -0.15) is 0 Å². The van der Waals surface area contributed by atoms with E-state index in [1.165, 1.54) is 11.9 Å². The largest absolute Gasteiger partial charge is 0.332 e. The van der Waals surface area contributed by atoms with Crippen molar-refractivity contribution in [3.63, 3.8) is 0 Å². The zero-order chi connectivity index (χ0) is 18.6. The van der Waals surface area contributed by atoms with Gasteiger partial charge >= 0.3 is 0 Å². The summed E-state index contributed by atoms with van der Waals surface area (Å²) in [5.41, 5.74) is 1.65. The monoisotopic (exact) mass is 382 g/mol. The topological polar surface area (TPSA) is 49.4 Å². The van der Waals surface area contributed by atoms with Crippen molar-refractivity contribution in [1.29, 1.82) is 0 Å². The van der Waals surface area contributed by atoms with E-state index in [4.69, 9.17) is 23.2 Å². The maximum Gasteiger partial charge on any atom is 0.255 e. The molecule has 0 radical (unpaired) electrons. The molecule has 0 bridgehead atoms. The molecule has 0 aliphatic carbocycles. The van der Waals surface area contributed by atoms with Crippen molar-refractivity contribution in [2.24, 2.45) is 0 Å². The number of nitrogens with zero attached hydrogens (tertiary/aromatic N) is 1. The number of para-hydroxylation sites is 1. The van der Waals surface area contributed by atoms with Crippen LogP contribution in [0, 0.1) is 5.82 Å². The third kappa shape index (κ3) is 4.71. The van der Waals surface area contributed by atoms with Gasteiger partial charge < -0.3 is 10.2 Å². The van der Waals surface area contributed by atoms with Crippen LogP contribution < -0.4 is 5.32 Å². The molecule has 1 N–H and O–H groups in total. The Hall–Kier alpha value is -2.11. The van der Waals surface area contributed by atoms with Crippen LogP contribution in [0.5, 0.6) is 0 Å². The van der Waals surface area contributed by atoms with E-state index in [0.29, 0.717) is 5.69 Å². The first-order chi connectivity index (χ1) is 11.8. The zero-order valence-corrected chi connectivity index (χ0v) is 15.3. The molecule has 2 aromatic rings. The maximum absolute atomic E-state index is 13.6. The lowest BCUT2D eigenvalue weighted by molar-refractivity contribution is -0.116. The molecule has 7 heteroatoms. The molecule has 132 valence electrons. The van der Waals surface area contributed by atoms with Crippen LogP contribution in [0.3, 0.4) is 0 Å². The number of amides is 2. The minimum atomic E-state index is -0.746. The molecule has 2 amide bonds. The molecule has 0 unspecified atom stereocenters. The van der Waals surface area contributed by atoms with Gasteiger partial charge in [0.15, 0.2) is 0 Å². The molecular weight excluding hydrogens is 366 g/mol. The standard InChI is InChI=1S/C18H17Cl2FN2O2/c1-3-11-6-4-5-7-16(11)22-17(24)10-23(2)18(25)12-8-15(21)14(20)9-13(12)19/h4-9H,3,10H2,1-2H3,(H,22,24). The van der Waals surface area contributed by atoms with Gasteiger partial charge in [0.25, 0.3) is 5.91 Å². The van der Waals surface area contributed by atoms with Crippen LogP contribution in [0.2, 0.25) is 10.0 Å². The Morgan fingerprint density at radius 1 is 1.16 bits per heavy atom. The molecule has 25 heavy (non-hydrogen) atoms. The number of hydrogen-bond donors (Lipinski definition) is 1. The Morgan fingerprint density at radius 3 is 2.52 bits per heavy atom. The highest BCUT2D eigenvalue weighted by Gasteiger charge is 2.20. The summed E-state index contributed by atoms with van der Waals surface area (Å²) in [6, 6.07) is 9.55. The molecule has 0 aliphatic rings. The van der Waals surface area contributed by atoms with Crippen molar-refractivity contribution in [3.8, 4) is 0 Å². The van der Waals surface area contributed by atoms with Crippen molar-refractivity contribution in [1.82, 2.24) is 4.90 Å². The Labute approximate surface area is 155 Å². The van der Waals surface area contributed by atoms with E-state index < -0.39 is 11.7 Å². The first-order valence-electron chi connectivity index (χ1n) is 7.61. The number of nitrogens with one attached hydrogen (secondary N) is 1. The van der Waals surface area contributed by atoms with Crippen LogP contribution in [0.25, 0.3) is 0 Å². The molecule has 0 saturated heterocycles. The summed E-state index contributed by atoms with van der Waals surface area (Å²) in [6.07, 6.45) is 0.769. The van der Waals surface area contributed by atoms with Gasteiger partial charge in [-0.25, -0.2) is 4.39 Å². The van der Waals surface area contributed by atoms with Crippen LogP contribution in [0.15, 0.2) is 36.4 Å². The average Bonchev–Trinajstić information content (AvgIpc) is 2.57. The maximum atomic E-state index is 13.6. The molecular formula is C18H17Cl2FN2O2. The number of anilines is 1. The molecule has 0 atom stereocenters. The van der Waals surface area contributed by atoms with E-state index in [0.717, 1.165) is 24.1 Å². The molecule has 0 aliphatic heterocycles. The highest BCUT2D eigenvalue weighted by Crippen LogP contribution is 2.25. The summed E-state index contributed by atoms with van der Waals surface area (Å²) < 4.78 is 13.6. The molecule has 2 aromatic carbocycles. The van der Waals surface area contributed by atoms with Crippen molar-refractivity contribution in [2.45, 2.75) is 13.3 Å². The normalized spacial score (nSPS) is 10.4. The van der Waals surface area contributed by atoms with Gasteiger partial charge in [0.05, 0.1) is 22.2 Å². The Bertz CT molecular complexity index is 812. The van der Waals surface area contributed by atoms with Crippen LogP contribution in [0.4, 0.5) is 10.1 Å². The summed E-state index contributed by atoms with van der Waals surface area (Å²) in [5.74, 6) is -1.68. The zero-order valence-electron chi connectivity index (χ0n) is 13.8. The highest BCUT2D eigenvalue weighted by atomic mass is 35.5. The Morgan fingerprint density at radius 2 is 1.84 bits per heavy atom. The summed E-state index contributed by atoms with van der Waals surface area (Å²) in [7, 11) is 1.44. The predicted molar refractivity (Wildman–Crippen MR) is 97.8 cm³/mol. The minimum Gasteiger partial charge on any atom is -0.332 e. The molecule has 0 spiro atoms. The van der Waals surface area contributed by atoms with Crippen molar-refractivity contribution >= 4 is 40.7 Å². The fraction of sp³-hybridized carbons (Fsp3) is 0.222. The van der Waals surface area contributed by atoms with E-state index in [1.807, 2.05) is 25.1 Å². The van der Waals surface area contributed by atoms with Gasteiger partial charge in [0.1, 0.15) is 5.82 Å². The number of benzene rings is 2. The second kappa shape index (κ2) is 8.32. The quantitative estimate of drug-likeness (QED) is 0.778. The van der Waals surface area contributed by atoms with E-state index in [9.17, 15) is 14.0 Å². The summed E-state index contributed by atoms with van der Waals surface area (Å²) in [6.45, 7) is 1.79. The van der Waals surface area contributed by atoms with E-state index in [-0.39, 0.29) is 28.1 Å². The summed E-state index contributed by atoms with van der Waals surface area (Å²) in [4.78, 5) is 25.8. The lowest BCUT2D eigenvalue weighted by Crippen LogP contribution is -2.35. The summed E-state index contributed by atoms with van der Waals surface area (Å²) >= 11 is 11.6. The average molecular weight is 383 g/mol. The number of halogens is 3. The molecule has 2 rings (SSSR count). The van der Waals surface area contributed by atoms with Gasteiger partial charge in [-0.1, -0.05) is 48.3 Å². The second-order valence-electron chi connectivity index (χ2n) is 5.47. The van der Waals surface area contributed by atoms with Gasteiger partial charge in [-0.15, -0.1) is 0 Å². The number of carbonyl (C=O) groups excluding carboxylic acids is 2. The molecule has 0 fully saturated rings. The van der Waals surface area contributed by atoms with Crippen LogP contribution in [0.1, 0.15) is 22.8 Å². The SMILES string of the molecule is CCc1ccccc1NC(=O)CN(C)C(=O)c1cc(F)c(Cl)cc1Cl. The third-order valence-corrected chi connectivity index (χ3v) is 4.24. The first kappa shape index (κ1) is 19.2. The molecule has 0 saturated carbocycles. The number of likely N-dealkylation sites (N-methyl/N-ethyl adjacent to an activating group) is 1.